The van der Waals surface area contributed by atoms with E-state index in [2.05, 4.69) is 11.7 Å². The Morgan fingerprint density at radius 2 is 2.19 bits per heavy atom. The van der Waals surface area contributed by atoms with Gasteiger partial charge in [-0.05, 0) is 38.1 Å². The molecule has 0 aliphatic carbocycles. The van der Waals surface area contributed by atoms with Gasteiger partial charge in [-0.25, -0.2) is 4.68 Å². The summed E-state index contributed by atoms with van der Waals surface area (Å²) < 4.78 is 1.65. The monoisotopic (exact) mass is 284 g/mol. The van der Waals surface area contributed by atoms with Crippen LogP contribution >= 0.6 is 0 Å². The largest absolute Gasteiger partial charge is 0.399 e. The number of nitrogens with zero attached hydrogens (tertiary/aromatic N) is 3. The standard InChI is InChI=1S/C16H20N4O/c1-4-19(11-12(2)3)16(21)15-8-9-20(18-15)14-7-5-6-13(17)10-14/h5-10H,2,4,11,17H2,1,3H3. The molecule has 0 atom stereocenters. The van der Waals surface area contributed by atoms with Gasteiger partial charge in [0, 0.05) is 25.0 Å². The predicted octanol–water partition coefficient (Wildman–Crippen LogP) is 2.49. The Labute approximate surface area is 124 Å². The third-order valence-electron chi connectivity index (χ3n) is 3.07. The van der Waals surface area contributed by atoms with Gasteiger partial charge in [-0.1, -0.05) is 18.2 Å². The zero-order chi connectivity index (χ0) is 15.4. The number of hydrogen-bond donors (Lipinski definition) is 1. The average molecular weight is 284 g/mol. The molecule has 21 heavy (non-hydrogen) atoms. The lowest BCUT2D eigenvalue weighted by molar-refractivity contribution is 0.0772. The van der Waals surface area contributed by atoms with E-state index in [0.29, 0.717) is 24.5 Å². The smallest absolute Gasteiger partial charge is 0.274 e. The number of nitrogens with two attached hydrogens (primary N) is 1. The molecule has 0 aliphatic rings. The zero-order valence-corrected chi connectivity index (χ0v) is 12.4. The predicted molar refractivity (Wildman–Crippen MR) is 84.4 cm³/mol. The molecule has 5 heteroatoms. The zero-order valence-electron chi connectivity index (χ0n) is 12.4. The number of nitrogen functional groups attached to an aromatic ring is 1. The van der Waals surface area contributed by atoms with Crippen LogP contribution in [0.15, 0.2) is 48.7 Å². The van der Waals surface area contributed by atoms with E-state index in [9.17, 15) is 4.79 Å². The van der Waals surface area contributed by atoms with Gasteiger partial charge in [-0.3, -0.25) is 4.79 Å². The molecule has 0 radical (unpaired) electrons. The fourth-order valence-corrected chi connectivity index (χ4v) is 2.06. The molecular formula is C16H20N4O. The molecule has 1 aromatic carbocycles. The number of likely N-dealkylation sites (N-methyl/N-ethyl adjacent to an activating group) is 1. The summed E-state index contributed by atoms with van der Waals surface area (Å²) in [5.74, 6) is -0.0943. The number of carbonyl (C=O) groups is 1. The van der Waals surface area contributed by atoms with Crippen LogP contribution in [0, 0.1) is 0 Å². The summed E-state index contributed by atoms with van der Waals surface area (Å²) in [7, 11) is 0. The summed E-state index contributed by atoms with van der Waals surface area (Å²) in [6.45, 7) is 8.86. The molecule has 0 bridgehead atoms. The Morgan fingerprint density at radius 1 is 1.43 bits per heavy atom. The third-order valence-corrected chi connectivity index (χ3v) is 3.07. The Kier molecular flexibility index (Phi) is 4.42. The molecule has 5 nitrogen and oxygen atoms in total. The maximum atomic E-state index is 12.4. The second-order valence-corrected chi connectivity index (χ2v) is 5.02. The van der Waals surface area contributed by atoms with Gasteiger partial charge in [0.05, 0.1) is 5.69 Å². The van der Waals surface area contributed by atoms with Crippen LogP contribution in [0.5, 0.6) is 0 Å². The second-order valence-electron chi connectivity index (χ2n) is 5.02. The summed E-state index contributed by atoms with van der Waals surface area (Å²) in [6.07, 6.45) is 1.76. The van der Waals surface area contributed by atoms with Crippen molar-refractivity contribution < 1.29 is 4.79 Å². The fraction of sp³-hybridized carbons (Fsp3) is 0.250. The number of hydrogen-bond acceptors (Lipinski definition) is 3. The molecule has 0 aliphatic heterocycles. The van der Waals surface area contributed by atoms with E-state index < -0.39 is 0 Å². The highest BCUT2D eigenvalue weighted by Crippen LogP contribution is 2.12. The van der Waals surface area contributed by atoms with E-state index in [1.165, 1.54) is 0 Å². The first-order valence-corrected chi connectivity index (χ1v) is 6.86. The highest BCUT2D eigenvalue weighted by molar-refractivity contribution is 5.92. The van der Waals surface area contributed by atoms with Crippen molar-refractivity contribution in [2.24, 2.45) is 0 Å². The minimum Gasteiger partial charge on any atom is -0.399 e. The Hall–Kier alpha value is -2.56. The highest BCUT2D eigenvalue weighted by atomic mass is 16.2. The van der Waals surface area contributed by atoms with Crippen LogP contribution < -0.4 is 5.73 Å². The van der Waals surface area contributed by atoms with Gasteiger partial charge in [-0.2, -0.15) is 5.10 Å². The highest BCUT2D eigenvalue weighted by Gasteiger charge is 2.17. The molecule has 0 saturated heterocycles. The van der Waals surface area contributed by atoms with Crippen LogP contribution in [0.1, 0.15) is 24.3 Å². The van der Waals surface area contributed by atoms with Crippen molar-refractivity contribution in [1.29, 1.82) is 0 Å². The van der Waals surface area contributed by atoms with Gasteiger partial charge in [-0.15, -0.1) is 0 Å². The SMILES string of the molecule is C=C(C)CN(CC)C(=O)c1ccn(-c2cccc(N)c2)n1. The molecule has 1 heterocycles. The fourth-order valence-electron chi connectivity index (χ4n) is 2.06. The first-order valence-electron chi connectivity index (χ1n) is 6.86. The molecule has 2 aromatic rings. The van der Waals surface area contributed by atoms with E-state index in [-0.39, 0.29) is 5.91 Å². The summed E-state index contributed by atoms with van der Waals surface area (Å²) in [5.41, 5.74) is 8.61. The van der Waals surface area contributed by atoms with Crippen molar-refractivity contribution in [2.45, 2.75) is 13.8 Å². The number of anilines is 1. The summed E-state index contributed by atoms with van der Waals surface area (Å²) in [5, 5.41) is 4.34. The van der Waals surface area contributed by atoms with Crippen molar-refractivity contribution in [3.63, 3.8) is 0 Å². The number of amides is 1. The van der Waals surface area contributed by atoms with E-state index in [1.807, 2.05) is 38.1 Å². The van der Waals surface area contributed by atoms with Crippen LogP contribution in [0.3, 0.4) is 0 Å². The first-order chi connectivity index (χ1) is 10.0. The van der Waals surface area contributed by atoms with E-state index in [0.717, 1.165) is 11.3 Å². The van der Waals surface area contributed by atoms with Gasteiger partial charge < -0.3 is 10.6 Å². The summed E-state index contributed by atoms with van der Waals surface area (Å²) >= 11 is 0. The molecule has 0 fully saturated rings. The minimum atomic E-state index is -0.0943. The Balaban J connectivity index is 2.23. The number of benzene rings is 1. The van der Waals surface area contributed by atoms with Crippen molar-refractivity contribution in [1.82, 2.24) is 14.7 Å². The van der Waals surface area contributed by atoms with Crippen molar-refractivity contribution in [3.8, 4) is 5.69 Å². The summed E-state index contributed by atoms with van der Waals surface area (Å²) in [4.78, 5) is 14.1. The lowest BCUT2D eigenvalue weighted by Gasteiger charge is -2.19. The maximum Gasteiger partial charge on any atom is 0.274 e. The van der Waals surface area contributed by atoms with E-state index in [4.69, 9.17) is 5.73 Å². The molecule has 0 unspecified atom stereocenters. The second kappa shape index (κ2) is 6.26. The Bertz CT molecular complexity index is 660. The quantitative estimate of drug-likeness (QED) is 0.677. The van der Waals surface area contributed by atoms with Crippen molar-refractivity contribution in [2.75, 3.05) is 18.8 Å². The molecule has 1 amide bonds. The van der Waals surface area contributed by atoms with Gasteiger partial charge >= 0.3 is 0 Å². The first kappa shape index (κ1) is 14.8. The molecule has 2 rings (SSSR count). The van der Waals surface area contributed by atoms with Crippen LogP contribution in [-0.4, -0.2) is 33.7 Å². The van der Waals surface area contributed by atoms with Crippen LogP contribution in [0.2, 0.25) is 0 Å². The van der Waals surface area contributed by atoms with Crippen LogP contribution in [-0.2, 0) is 0 Å². The number of rotatable bonds is 5. The van der Waals surface area contributed by atoms with Gasteiger partial charge in [0.1, 0.15) is 0 Å². The van der Waals surface area contributed by atoms with Gasteiger partial charge in [0.25, 0.3) is 5.91 Å². The van der Waals surface area contributed by atoms with Crippen LogP contribution in [0.4, 0.5) is 5.69 Å². The molecule has 0 spiro atoms. The van der Waals surface area contributed by atoms with Gasteiger partial charge in [0.15, 0.2) is 5.69 Å². The van der Waals surface area contributed by atoms with Gasteiger partial charge in [0.2, 0.25) is 0 Å². The topological polar surface area (TPSA) is 64.2 Å². The number of carbonyl (C=O) groups excluding carboxylic acids is 1. The molecule has 2 N–H and O–H groups in total. The van der Waals surface area contributed by atoms with E-state index >= 15 is 0 Å². The van der Waals surface area contributed by atoms with E-state index in [1.54, 1.807) is 21.8 Å². The molecule has 0 saturated carbocycles. The van der Waals surface area contributed by atoms with Crippen molar-refractivity contribution >= 4 is 11.6 Å². The maximum absolute atomic E-state index is 12.4. The molecular weight excluding hydrogens is 264 g/mol. The van der Waals surface area contributed by atoms with Crippen molar-refractivity contribution in [3.05, 3.63) is 54.4 Å². The average Bonchev–Trinajstić information content (AvgIpc) is 2.93. The Morgan fingerprint density at radius 3 is 2.81 bits per heavy atom. The van der Waals surface area contributed by atoms with Crippen LogP contribution in [0.25, 0.3) is 5.69 Å². The lowest BCUT2D eigenvalue weighted by Crippen LogP contribution is -2.32. The molecule has 110 valence electrons. The number of aromatic nitrogens is 2. The minimum absolute atomic E-state index is 0.0943. The third kappa shape index (κ3) is 3.51. The lowest BCUT2D eigenvalue weighted by atomic mass is 10.3. The normalized spacial score (nSPS) is 10.4. The summed E-state index contributed by atoms with van der Waals surface area (Å²) in [6, 6.07) is 9.08. The molecule has 1 aromatic heterocycles.